The number of nitrogens with zero attached hydrogens (tertiary/aromatic N) is 4. The number of β-amino-alcohol motifs (C(OH)–C–C–N with tert-alkyl or cyclic N) is 1. The van der Waals surface area contributed by atoms with E-state index in [1.165, 1.54) is 0 Å². The molecule has 0 spiro atoms. The van der Waals surface area contributed by atoms with Crippen LogP contribution >= 0.6 is 0 Å². The van der Waals surface area contributed by atoms with Gasteiger partial charge in [0, 0.05) is 38.9 Å². The Hall–Kier alpha value is -2.38. The molecule has 2 N–H and O–H groups in total. The number of para-hydroxylation sites is 2. The first kappa shape index (κ1) is 16.5. The molecule has 7 nitrogen and oxygen atoms in total. The SMILES string of the molecule is Cc1ccn(-c2ccccc2NC(=O)N2CCN(CCO)CC2)n1. The van der Waals surface area contributed by atoms with Crippen LogP contribution in [0.25, 0.3) is 5.69 Å². The van der Waals surface area contributed by atoms with Crippen molar-refractivity contribution < 1.29 is 9.90 Å². The fraction of sp³-hybridized carbons (Fsp3) is 0.412. The number of rotatable bonds is 4. The smallest absolute Gasteiger partial charge is 0.321 e. The van der Waals surface area contributed by atoms with Gasteiger partial charge in [0.2, 0.25) is 0 Å². The number of aromatic nitrogens is 2. The molecule has 0 atom stereocenters. The number of nitrogens with one attached hydrogen (secondary N) is 1. The third kappa shape index (κ3) is 3.74. The number of hydrogen-bond acceptors (Lipinski definition) is 4. The van der Waals surface area contributed by atoms with Gasteiger partial charge in [-0.25, -0.2) is 9.48 Å². The molecule has 2 amide bonds. The molecule has 1 aliphatic rings. The van der Waals surface area contributed by atoms with Gasteiger partial charge in [0.25, 0.3) is 0 Å². The van der Waals surface area contributed by atoms with Crippen LogP contribution in [0.1, 0.15) is 5.69 Å². The molecule has 0 bridgehead atoms. The van der Waals surface area contributed by atoms with Crippen LogP contribution in [0.3, 0.4) is 0 Å². The Bertz CT molecular complexity index is 692. The van der Waals surface area contributed by atoms with Crippen LogP contribution in [0.4, 0.5) is 10.5 Å². The van der Waals surface area contributed by atoms with Crippen molar-refractivity contribution in [1.29, 1.82) is 0 Å². The number of hydrogen-bond donors (Lipinski definition) is 2. The van der Waals surface area contributed by atoms with Crippen LogP contribution in [0.5, 0.6) is 0 Å². The van der Waals surface area contributed by atoms with Crippen LogP contribution in [-0.4, -0.2) is 70.0 Å². The zero-order chi connectivity index (χ0) is 16.9. The lowest BCUT2D eigenvalue weighted by Crippen LogP contribution is -2.50. The predicted octanol–water partition coefficient (Wildman–Crippen LogP) is 1.32. The summed E-state index contributed by atoms with van der Waals surface area (Å²) >= 11 is 0. The third-order valence-corrected chi connectivity index (χ3v) is 4.19. The summed E-state index contributed by atoms with van der Waals surface area (Å²) in [4.78, 5) is 16.5. The molecule has 3 rings (SSSR count). The highest BCUT2D eigenvalue weighted by Gasteiger charge is 2.21. The monoisotopic (exact) mass is 329 g/mol. The van der Waals surface area contributed by atoms with Crippen molar-refractivity contribution in [2.24, 2.45) is 0 Å². The molecular formula is C17H23N5O2. The normalized spacial score (nSPS) is 15.5. The van der Waals surface area contributed by atoms with Crippen molar-refractivity contribution in [1.82, 2.24) is 19.6 Å². The average molecular weight is 329 g/mol. The molecule has 2 aromatic rings. The summed E-state index contributed by atoms with van der Waals surface area (Å²) in [6, 6.07) is 9.46. The highest BCUT2D eigenvalue weighted by Crippen LogP contribution is 2.20. The highest BCUT2D eigenvalue weighted by molar-refractivity contribution is 5.91. The van der Waals surface area contributed by atoms with Gasteiger partial charge in [-0.3, -0.25) is 4.90 Å². The molecule has 0 radical (unpaired) electrons. The van der Waals surface area contributed by atoms with Crippen LogP contribution < -0.4 is 5.32 Å². The number of piperazine rings is 1. The fourth-order valence-corrected chi connectivity index (χ4v) is 2.84. The highest BCUT2D eigenvalue weighted by atomic mass is 16.3. The first-order valence-electron chi connectivity index (χ1n) is 8.18. The Morgan fingerprint density at radius 3 is 2.62 bits per heavy atom. The minimum Gasteiger partial charge on any atom is -0.395 e. The second-order valence-electron chi connectivity index (χ2n) is 5.90. The Labute approximate surface area is 141 Å². The van der Waals surface area contributed by atoms with Crippen LogP contribution in [0.15, 0.2) is 36.5 Å². The lowest BCUT2D eigenvalue weighted by Gasteiger charge is -2.34. The van der Waals surface area contributed by atoms with Crippen molar-refractivity contribution in [2.75, 3.05) is 44.6 Å². The van der Waals surface area contributed by atoms with E-state index in [9.17, 15) is 4.79 Å². The molecule has 2 heterocycles. The van der Waals surface area contributed by atoms with E-state index in [1.54, 1.807) is 9.58 Å². The molecule has 1 aromatic carbocycles. The van der Waals surface area contributed by atoms with Gasteiger partial charge in [-0.2, -0.15) is 5.10 Å². The lowest BCUT2D eigenvalue weighted by molar-refractivity contribution is 0.127. The summed E-state index contributed by atoms with van der Waals surface area (Å²) in [5, 5.41) is 16.4. The Morgan fingerprint density at radius 2 is 1.96 bits per heavy atom. The number of amides is 2. The molecule has 1 fully saturated rings. The second kappa shape index (κ2) is 7.46. The van der Waals surface area contributed by atoms with E-state index in [1.807, 2.05) is 43.5 Å². The first-order valence-corrected chi connectivity index (χ1v) is 8.18. The minimum absolute atomic E-state index is 0.102. The Morgan fingerprint density at radius 1 is 1.21 bits per heavy atom. The number of anilines is 1. The quantitative estimate of drug-likeness (QED) is 0.887. The standard InChI is InChI=1S/C17H23N5O2/c1-14-6-7-22(19-14)16-5-3-2-4-15(16)18-17(24)21-10-8-20(9-11-21)12-13-23/h2-7,23H,8-13H2,1H3,(H,18,24). The summed E-state index contributed by atoms with van der Waals surface area (Å²) < 4.78 is 1.77. The summed E-state index contributed by atoms with van der Waals surface area (Å²) in [6.07, 6.45) is 1.88. The van der Waals surface area contributed by atoms with Gasteiger partial charge in [0.15, 0.2) is 0 Å². The summed E-state index contributed by atoms with van der Waals surface area (Å²) in [6.45, 7) is 5.65. The Kier molecular flexibility index (Phi) is 5.12. The van der Waals surface area contributed by atoms with Gasteiger partial charge in [0.05, 0.1) is 23.7 Å². The zero-order valence-corrected chi connectivity index (χ0v) is 13.9. The largest absolute Gasteiger partial charge is 0.395 e. The molecule has 0 aliphatic carbocycles. The van der Waals surface area contributed by atoms with E-state index in [-0.39, 0.29) is 12.6 Å². The molecule has 0 unspecified atom stereocenters. The van der Waals surface area contributed by atoms with Crippen molar-refractivity contribution in [2.45, 2.75) is 6.92 Å². The van der Waals surface area contributed by atoms with Crippen molar-refractivity contribution >= 4 is 11.7 Å². The van der Waals surface area contributed by atoms with Gasteiger partial charge in [0.1, 0.15) is 0 Å². The number of aliphatic hydroxyl groups is 1. The number of urea groups is 1. The Balaban J connectivity index is 1.67. The van der Waals surface area contributed by atoms with E-state index < -0.39 is 0 Å². The first-order chi connectivity index (χ1) is 11.7. The summed E-state index contributed by atoms with van der Waals surface area (Å²) in [5.41, 5.74) is 2.51. The van der Waals surface area contributed by atoms with E-state index >= 15 is 0 Å². The second-order valence-corrected chi connectivity index (χ2v) is 5.90. The van der Waals surface area contributed by atoms with Crippen molar-refractivity contribution in [3.05, 3.63) is 42.2 Å². The maximum absolute atomic E-state index is 12.5. The van der Waals surface area contributed by atoms with E-state index in [0.717, 1.165) is 30.2 Å². The molecule has 1 aliphatic heterocycles. The van der Waals surface area contributed by atoms with Crippen LogP contribution in [0.2, 0.25) is 0 Å². The van der Waals surface area contributed by atoms with Gasteiger partial charge >= 0.3 is 6.03 Å². The van der Waals surface area contributed by atoms with E-state index in [2.05, 4.69) is 15.3 Å². The van der Waals surface area contributed by atoms with Gasteiger partial charge < -0.3 is 15.3 Å². The summed E-state index contributed by atoms with van der Waals surface area (Å²) in [7, 11) is 0. The van der Waals surface area contributed by atoms with Crippen LogP contribution in [0, 0.1) is 6.92 Å². The van der Waals surface area contributed by atoms with Gasteiger partial charge in [-0.15, -0.1) is 0 Å². The number of carbonyl (C=O) groups is 1. The average Bonchev–Trinajstić information content (AvgIpc) is 3.02. The number of benzene rings is 1. The van der Waals surface area contributed by atoms with Crippen LogP contribution in [-0.2, 0) is 0 Å². The number of aliphatic hydroxyl groups excluding tert-OH is 1. The molecule has 0 saturated carbocycles. The third-order valence-electron chi connectivity index (χ3n) is 4.19. The maximum Gasteiger partial charge on any atom is 0.321 e. The maximum atomic E-state index is 12.5. The topological polar surface area (TPSA) is 73.6 Å². The van der Waals surface area contributed by atoms with E-state index in [4.69, 9.17) is 5.11 Å². The predicted molar refractivity (Wildman–Crippen MR) is 92.4 cm³/mol. The van der Waals surface area contributed by atoms with Gasteiger partial charge in [-0.1, -0.05) is 12.1 Å². The number of carbonyl (C=O) groups excluding carboxylic acids is 1. The molecule has 128 valence electrons. The summed E-state index contributed by atoms with van der Waals surface area (Å²) in [5.74, 6) is 0. The molecule has 7 heteroatoms. The molecule has 1 aromatic heterocycles. The van der Waals surface area contributed by atoms with E-state index in [0.29, 0.717) is 19.6 Å². The molecular weight excluding hydrogens is 306 g/mol. The fourth-order valence-electron chi connectivity index (χ4n) is 2.84. The zero-order valence-electron chi connectivity index (χ0n) is 13.9. The van der Waals surface area contributed by atoms with Crippen molar-refractivity contribution in [3.63, 3.8) is 0 Å². The van der Waals surface area contributed by atoms with Crippen molar-refractivity contribution in [3.8, 4) is 5.69 Å². The number of aryl methyl sites for hydroxylation is 1. The molecule has 24 heavy (non-hydrogen) atoms. The van der Waals surface area contributed by atoms with Gasteiger partial charge in [-0.05, 0) is 25.1 Å². The molecule has 1 saturated heterocycles. The lowest BCUT2D eigenvalue weighted by atomic mass is 10.2. The minimum atomic E-state index is -0.102.